The zero-order valence-corrected chi connectivity index (χ0v) is 13.3. The molecule has 1 atom stereocenters. The molecule has 0 bridgehead atoms. The lowest BCUT2D eigenvalue weighted by molar-refractivity contribution is -0.129. The van der Waals surface area contributed by atoms with Crippen molar-refractivity contribution in [1.29, 1.82) is 0 Å². The molecular weight excluding hydrogens is 280 g/mol. The zero-order valence-electron chi connectivity index (χ0n) is 12.5. The van der Waals surface area contributed by atoms with Gasteiger partial charge in [-0.3, -0.25) is 4.79 Å². The molecule has 1 unspecified atom stereocenters. The van der Waals surface area contributed by atoms with Crippen LogP contribution in [0.1, 0.15) is 25.7 Å². The quantitative estimate of drug-likeness (QED) is 0.820. The highest BCUT2D eigenvalue weighted by molar-refractivity contribution is 8.00. The molecule has 1 saturated heterocycles. The topological polar surface area (TPSA) is 32.3 Å². The molecule has 0 aromatic heterocycles. The smallest absolute Gasteiger partial charge is 0.233 e. The number of nitrogens with zero attached hydrogens (tertiary/aromatic N) is 1. The Hall–Kier alpha value is -1.00. The summed E-state index contributed by atoms with van der Waals surface area (Å²) in [6.45, 7) is 3.16. The van der Waals surface area contributed by atoms with Gasteiger partial charge in [-0.1, -0.05) is 18.2 Å². The number of piperidine rings is 1. The van der Waals surface area contributed by atoms with Gasteiger partial charge < -0.3 is 10.2 Å². The predicted molar refractivity (Wildman–Crippen MR) is 87.5 cm³/mol. The van der Waals surface area contributed by atoms with Gasteiger partial charge in [-0.15, -0.1) is 11.8 Å². The molecule has 4 heteroatoms. The van der Waals surface area contributed by atoms with E-state index < -0.39 is 0 Å². The van der Waals surface area contributed by atoms with Crippen LogP contribution in [-0.4, -0.2) is 42.2 Å². The van der Waals surface area contributed by atoms with Crippen molar-refractivity contribution < 1.29 is 4.79 Å². The first kappa shape index (κ1) is 14.9. The molecule has 1 heterocycles. The number of thioether (sulfide) groups is 1. The molecule has 3 nitrogen and oxygen atoms in total. The normalized spacial score (nSPS) is 22.0. The average molecular weight is 304 g/mol. The van der Waals surface area contributed by atoms with Crippen LogP contribution in [0.25, 0.3) is 0 Å². The minimum atomic E-state index is 0.317. The Balaban J connectivity index is 1.52. The van der Waals surface area contributed by atoms with E-state index in [-0.39, 0.29) is 0 Å². The van der Waals surface area contributed by atoms with E-state index in [1.54, 1.807) is 11.8 Å². The molecule has 1 saturated carbocycles. The van der Waals surface area contributed by atoms with E-state index in [0.29, 0.717) is 23.6 Å². The van der Waals surface area contributed by atoms with Crippen LogP contribution in [0, 0.1) is 5.92 Å². The van der Waals surface area contributed by atoms with E-state index in [0.717, 1.165) is 19.6 Å². The van der Waals surface area contributed by atoms with E-state index in [1.807, 2.05) is 18.2 Å². The molecule has 2 fully saturated rings. The number of amides is 1. The van der Waals surface area contributed by atoms with Gasteiger partial charge in [-0.25, -0.2) is 0 Å². The van der Waals surface area contributed by atoms with Crippen molar-refractivity contribution in [2.45, 2.75) is 36.6 Å². The van der Waals surface area contributed by atoms with Crippen LogP contribution in [0.5, 0.6) is 0 Å². The summed E-state index contributed by atoms with van der Waals surface area (Å²) in [5.74, 6) is 1.53. The molecule has 0 radical (unpaired) electrons. The summed E-state index contributed by atoms with van der Waals surface area (Å²) < 4.78 is 0. The van der Waals surface area contributed by atoms with Crippen molar-refractivity contribution in [3.8, 4) is 0 Å². The van der Waals surface area contributed by atoms with Crippen molar-refractivity contribution in [2.75, 3.05) is 25.4 Å². The van der Waals surface area contributed by atoms with Crippen LogP contribution < -0.4 is 5.32 Å². The fraction of sp³-hybridized carbons (Fsp3) is 0.588. The standard InChI is InChI=1S/C17H24N2OS/c20-17(13-21-16-6-2-1-3-7-16)19(15-8-9-15)12-14-5-4-10-18-11-14/h1-3,6-7,14-15,18H,4-5,8-13H2. The second-order valence-electron chi connectivity index (χ2n) is 6.09. The summed E-state index contributed by atoms with van der Waals surface area (Å²) >= 11 is 1.66. The Morgan fingerprint density at radius 3 is 2.71 bits per heavy atom. The lowest BCUT2D eigenvalue weighted by atomic mass is 9.99. The maximum atomic E-state index is 12.6. The van der Waals surface area contributed by atoms with Gasteiger partial charge in [0.2, 0.25) is 5.91 Å². The van der Waals surface area contributed by atoms with Gasteiger partial charge in [0.25, 0.3) is 0 Å². The van der Waals surface area contributed by atoms with Gasteiger partial charge in [-0.2, -0.15) is 0 Å². The van der Waals surface area contributed by atoms with Gasteiger partial charge in [-0.05, 0) is 56.8 Å². The summed E-state index contributed by atoms with van der Waals surface area (Å²) in [6.07, 6.45) is 4.90. The first-order valence-corrected chi connectivity index (χ1v) is 8.99. The minimum absolute atomic E-state index is 0.317. The molecule has 114 valence electrons. The number of rotatable bonds is 6. The number of hydrogen-bond donors (Lipinski definition) is 1. The number of carbonyl (C=O) groups excluding carboxylic acids is 1. The molecule has 2 aliphatic rings. The number of nitrogens with one attached hydrogen (secondary N) is 1. The first-order valence-electron chi connectivity index (χ1n) is 8.01. The summed E-state index contributed by atoms with van der Waals surface area (Å²) in [4.78, 5) is 15.9. The van der Waals surface area contributed by atoms with Crippen molar-refractivity contribution in [1.82, 2.24) is 10.2 Å². The second-order valence-corrected chi connectivity index (χ2v) is 7.14. The van der Waals surface area contributed by atoms with Gasteiger partial charge in [0.05, 0.1) is 5.75 Å². The van der Waals surface area contributed by atoms with E-state index in [2.05, 4.69) is 22.3 Å². The molecule has 21 heavy (non-hydrogen) atoms. The maximum absolute atomic E-state index is 12.6. The van der Waals surface area contributed by atoms with Crippen molar-refractivity contribution in [3.05, 3.63) is 30.3 Å². The molecule has 1 amide bonds. The van der Waals surface area contributed by atoms with E-state index in [9.17, 15) is 4.79 Å². The fourth-order valence-electron chi connectivity index (χ4n) is 2.94. The Kier molecular flexibility index (Phi) is 5.20. The zero-order chi connectivity index (χ0) is 14.5. The van der Waals surface area contributed by atoms with Crippen LogP contribution in [0.15, 0.2) is 35.2 Å². The third-order valence-corrected chi connectivity index (χ3v) is 5.26. The van der Waals surface area contributed by atoms with Crippen LogP contribution >= 0.6 is 11.8 Å². The molecule has 1 aliphatic carbocycles. The van der Waals surface area contributed by atoms with Crippen LogP contribution in [0.4, 0.5) is 0 Å². The van der Waals surface area contributed by atoms with Crippen molar-refractivity contribution in [3.63, 3.8) is 0 Å². The SMILES string of the molecule is O=C(CSc1ccccc1)N(CC1CCCNC1)C1CC1. The molecular formula is C17H24N2OS. The third-order valence-electron chi connectivity index (χ3n) is 4.27. The fourth-order valence-corrected chi connectivity index (χ4v) is 3.75. The van der Waals surface area contributed by atoms with Crippen LogP contribution in [-0.2, 0) is 4.79 Å². The van der Waals surface area contributed by atoms with Gasteiger partial charge >= 0.3 is 0 Å². The Morgan fingerprint density at radius 2 is 2.05 bits per heavy atom. The Morgan fingerprint density at radius 1 is 1.24 bits per heavy atom. The second kappa shape index (κ2) is 7.32. The minimum Gasteiger partial charge on any atom is -0.339 e. The van der Waals surface area contributed by atoms with Gasteiger partial charge in [0.15, 0.2) is 0 Å². The predicted octanol–water partition coefficient (Wildman–Crippen LogP) is 2.77. The van der Waals surface area contributed by atoms with Crippen LogP contribution in [0.2, 0.25) is 0 Å². The van der Waals surface area contributed by atoms with Crippen LogP contribution in [0.3, 0.4) is 0 Å². The lowest BCUT2D eigenvalue weighted by Gasteiger charge is -2.30. The highest BCUT2D eigenvalue weighted by Crippen LogP contribution is 2.30. The maximum Gasteiger partial charge on any atom is 0.233 e. The summed E-state index contributed by atoms with van der Waals surface area (Å²) in [5.41, 5.74) is 0. The lowest BCUT2D eigenvalue weighted by Crippen LogP contribution is -2.42. The summed E-state index contributed by atoms with van der Waals surface area (Å²) in [5, 5.41) is 3.45. The van der Waals surface area contributed by atoms with E-state index >= 15 is 0 Å². The van der Waals surface area contributed by atoms with Crippen molar-refractivity contribution in [2.24, 2.45) is 5.92 Å². The molecule has 0 spiro atoms. The summed E-state index contributed by atoms with van der Waals surface area (Å²) in [6, 6.07) is 10.7. The van der Waals surface area contributed by atoms with Gasteiger partial charge in [0.1, 0.15) is 0 Å². The first-order chi connectivity index (χ1) is 10.3. The van der Waals surface area contributed by atoms with E-state index in [1.165, 1.54) is 30.6 Å². The summed E-state index contributed by atoms with van der Waals surface area (Å²) in [7, 11) is 0. The highest BCUT2D eigenvalue weighted by atomic mass is 32.2. The number of carbonyl (C=O) groups is 1. The highest BCUT2D eigenvalue weighted by Gasteiger charge is 2.33. The Labute approximate surface area is 131 Å². The number of hydrogen-bond acceptors (Lipinski definition) is 3. The van der Waals surface area contributed by atoms with Crippen molar-refractivity contribution >= 4 is 17.7 Å². The number of benzene rings is 1. The Bertz CT molecular complexity index is 455. The monoisotopic (exact) mass is 304 g/mol. The average Bonchev–Trinajstić information content (AvgIpc) is 3.37. The molecule has 1 aliphatic heterocycles. The molecule has 1 N–H and O–H groups in total. The van der Waals surface area contributed by atoms with E-state index in [4.69, 9.17) is 0 Å². The molecule has 3 rings (SSSR count). The largest absolute Gasteiger partial charge is 0.339 e. The van der Waals surface area contributed by atoms with Gasteiger partial charge in [0, 0.05) is 17.5 Å². The molecule has 1 aromatic rings. The molecule has 1 aromatic carbocycles. The third kappa shape index (κ3) is 4.48.